The summed E-state index contributed by atoms with van der Waals surface area (Å²) in [6, 6.07) is 4.88. The summed E-state index contributed by atoms with van der Waals surface area (Å²) in [6.07, 6.45) is 7.19. The van der Waals surface area contributed by atoms with Crippen LogP contribution in [0.1, 0.15) is 39.5 Å². The maximum absolute atomic E-state index is 4.28. The van der Waals surface area contributed by atoms with Crippen LogP contribution in [-0.4, -0.2) is 42.1 Å². The highest BCUT2D eigenvalue weighted by atomic mass is 15.2. The number of nitrogens with one attached hydrogen (secondary N) is 2. The van der Waals surface area contributed by atoms with Crippen molar-refractivity contribution in [1.82, 2.24) is 9.88 Å². The van der Waals surface area contributed by atoms with E-state index in [-0.39, 0.29) is 0 Å². The van der Waals surface area contributed by atoms with Crippen LogP contribution in [-0.2, 0) is 0 Å². The van der Waals surface area contributed by atoms with Crippen LogP contribution in [0.5, 0.6) is 0 Å². The quantitative estimate of drug-likeness (QED) is 0.750. The molecule has 2 heterocycles. The molecule has 112 valence electrons. The Bertz CT molecular complexity index is 394. The average molecular weight is 276 g/mol. The van der Waals surface area contributed by atoms with Crippen LogP contribution in [0.25, 0.3) is 0 Å². The topological polar surface area (TPSA) is 40.2 Å². The summed E-state index contributed by atoms with van der Waals surface area (Å²) in [5.74, 6) is 0.946. The second-order valence-electron chi connectivity index (χ2n) is 5.62. The van der Waals surface area contributed by atoms with E-state index in [0.717, 1.165) is 30.6 Å². The van der Waals surface area contributed by atoms with Crippen molar-refractivity contribution in [3.8, 4) is 0 Å². The van der Waals surface area contributed by atoms with Crippen molar-refractivity contribution in [3.05, 3.63) is 18.3 Å². The molecule has 0 aromatic carbocycles. The third-order valence-corrected chi connectivity index (χ3v) is 4.01. The fraction of sp³-hybridized carbons (Fsp3) is 0.688. The van der Waals surface area contributed by atoms with Gasteiger partial charge in [-0.05, 0) is 45.7 Å². The lowest BCUT2D eigenvalue weighted by Crippen LogP contribution is -2.38. The number of nitrogens with zero attached hydrogens (tertiary/aromatic N) is 2. The Labute approximate surface area is 123 Å². The number of anilines is 2. The first kappa shape index (κ1) is 15.1. The number of likely N-dealkylation sites (tertiary alicyclic amines) is 1. The highest BCUT2D eigenvalue weighted by molar-refractivity contribution is 5.51. The molecule has 0 saturated carbocycles. The lowest BCUT2D eigenvalue weighted by Gasteiger charge is -2.33. The number of hydrogen-bond acceptors (Lipinski definition) is 4. The molecule has 2 N–H and O–H groups in total. The van der Waals surface area contributed by atoms with Gasteiger partial charge in [0, 0.05) is 43.6 Å². The van der Waals surface area contributed by atoms with Crippen molar-refractivity contribution in [2.45, 2.75) is 45.6 Å². The predicted molar refractivity (Wildman–Crippen MR) is 86.4 cm³/mol. The number of piperidine rings is 1. The van der Waals surface area contributed by atoms with Gasteiger partial charge < -0.3 is 15.5 Å². The summed E-state index contributed by atoms with van der Waals surface area (Å²) in [6.45, 7) is 8.86. The molecule has 1 atom stereocenters. The van der Waals surface area contributed by atoms with Gasteiger partial charge in [0.05, 0.1) is 0 Å². The second-order valence-corrected chi connectivity index (χ2v) is 5.62. The zero-order valence-corrected chi connectivity index (χ0v) is 12.9. The van der Waals surface area contributed by atoms with Crippen molar-refractivity contribution in [1.29, 1.82) is 0 Å². The first-order valence-electron chi connectivity index (χ1n) is 7.97. The molecule has 0 aliphatic carbocycles. The molecule has 1 unspecified atom stereocenters. The van der Waals surface area contributed by atoms with E-state index in [1.165, 1.54) is 38.8 Å². The fourth-order valence-electron chi connectivity index (χ4n) is 2.82. The first-order valence-corrected chi connectivity index (χ1v) is 7.97. The SMILES string of the molecule is CCNc1cc(NCCCN2CCCCC2C)ccn1. The van der Waals surface area contributed by atoms with Crippen LogP contribution >= 0.6 is 0 Å². The van der Waals surface area contributed by atoms with E-state index in [1.807, 2.05) is 12.3 Å². The molecule has 4 nitrogen and oxygen atoms in total. The maximum Gasteiger partial charge on any atom is 0.127 e. The van der Waals surface area contributed by atoms with E-state index in [4.69, 9.17) is 0 Å². The van der Waals surface area contributed by atoms with Gasteiger partial charge in [0.15, 0.2) is 0 Å². The van der Waals surface area contributed by atoms with Gasteiger partial charge in [-0.1, -0.05) is 6.42 Å². The third kappa shape index (κ3) is 4.67. The largest absolute Gasteiger partial charge is 0.385 e. The normalized spacial score (nSPS) is 19.8. The van der Waals surface area contributed by atoms with Crippen molar-refractivity contribution >= 4 is 11.5 Å². The monoisotopic (exact) mass is 276 g/mol. The summed E-state index contributed by atoms with van der Waals surface area (Å²) in [7, 11) is 0. The second kappa shape index (κ2) is 8.10. The minimum Gasteiger partial charge on any atom is -0.385 e. The van der Waals surface area contributed by atoms with Crippen molar-refractivity contribution in [2.24, 2.45) is 0 Å². The van der Waals surface area contributed by atoms with E-state index in [1.54, 1.807) is 0 Å². The van der Waals surface area contributed by atoms with E-state index in [9.17, 15) is 0 Å². The summed E-state index contributed by atoms with van der Waals surface area (Å²) in [5.41, 5.74) is 1.16. The van der Waals surface area contributed by atoms with Crippen molar-refractivity contribution < 1.29 is 0 Å². The molecule has 0 bridgehead atoms. The van der Waals surface area contributed by atoms with E-state index >= 15 is 0 Å². The van der Waals surface area contributed by atoms with E-state index < -0.39 is 0 Å². The average Bonchev–Trinajstić information content (AvgIpc) is 2.46. The highest BCUT2D eigenvalue weighted by Gasteiger charge is 2.16. The molecule has 1 saturated heterocycles. The summed E-state index contributed by atoms with van der Waals surface area (Å²) < 4.78 is 0. The Morgan fingerprint density at radius 2 is 2.25 bits per heavy atom. The van der Waals surface area contributed by atoms with Crippen LogP contribution in [0.15, 0.2) is 18.3 Å². The molecule has 0 radical (unpaired) electrons. The lowest BCUT2D eigenvalue weighted by molar-refractivity contribution is 0.160. The van der Waals surface area contributed by atoms with Gasteiger partial charge in [0.25, 0.3) is 0 Å². The molecule has 20 heavy (non-hydrogen) atoms. The van der Waals surface area contributed by atoms with Gasteiger partial charge in [-0.3, -0.25) is 0 Å². The maximum atomic E-state index is 4.28. The molecule has 0 spiro atoms. The summed E-state index contributed by atoms with van der Waals surface area (Å²) >= 11 is 0. The molecule has 1 aliphatic rings. The predicted octanol–water partition coefficient (Wildman–Crippen LogP) is 3.19. The van der Waals surface area contributed by atoms with Crippen LogP contribution in [0.2, 0.25) is 0 Å². The van der Waals surface area contributed by atoms with Crippen LogP contribution in [0, 0.1) is 0 Å². The molecule has 0 amide bonds. The minimum absolute atomic E-state index is 0.769. The third-order valence-electron chi connectivity index (χ3n) is 4.01. The fourth-order valence-corrected chi connectivity index (χ4v) is 2.82. The molecule has 1 aliphatic heterocycles. The molecule has 1 fully saturated rings. The molecular formula is C16H28N4. The van der Waals surface area contributed by atoms with Crippen LogP contribution in [0.3, 0.4) is 0 Å². The van der Waals surface area contributed by atoms with Gasteiger partial charge in [-0.25, -0.2) is 4.98 Å². The summed E-state index contributed by atoms with van der Waals surface area (Å²) in [4.78, 5) is 6.91. The molecule has 2 rings (SSSR count). The van der Waals surface area contributed by atoms with Gasteiger partial charge in [0.1, 0.15) is 5.82 Å². The Balaban J connectivity index is 1.68. The van der Waals surface area contributed by atoms with Gasteiger partial charge in [0.2, 0.25) is 0 Å². The van der Waals surface area contributed by atoms with Crippen molar-refractivity contribution in [3.63, 3.8) is 0 Å². The number of hydrogen-bond donors (Lipinski definition) is 2. The van der Waals surface area contributed by atoms with Crippen molar-refractivity contribution in [2.75, 3.05) is 36.8 Å². The van der Waals surface area contributed by atoms with E-state index in [2.05, 4.69) is 40.4 Å². The van der Waals surface area contributed by atoms with Crippen LogP contribution in [0.4, 0.5) is 11.5 Å². The molecule has 4 heteroatoms. The Kier molecular flexibility index (Phi) is 6.12. The molecule has 1 aromatic rings. The highest BCUT2D eigenvalue weighted by Crippen LogP contribution is 2.16. The van der Waals surface area contributed by atoms with E-state index in [0.29, 0.717) is 0 Å². The number of aromatic nitrogens is 1. The minimum atomic E-state index is 0.769. The zero-order valence-electron chi connectivity index (χ0n) is 12.9. The molecular weight excluding hydrogens is 248 g/mol. The Morgan fingerprint density at radius 1 is 1.35 bits per heavy atom. The van der Waals surface area contributed by atoms with Gasteiger partial charge in [-0.15, -0.1) is 0 Å². The number of rotatable bonds is 7. The Hall–Kier alpha value is -1.29. The number of pyridine rings is 1. The van der Waals surface area contributed by atoms with Gasteiger partial charge in [-0.2, -0.15) is 0 Å². The first-order chi connectivity index (χ1) is 9.79. The zero-order chi connectivity index (χ0) is 14.2. The standard InChI is InChI=1S/C16H28N4/c1-3-17-16-13-15(8-10-19-16)18-9-6-12-20-11-5-4-7-14(20)2/h8,10,13-14H,3-7,9,11-12H2,1-2H3,(H2,17,18,19). The van der Waals surface area contributed by atoms with Crippen LogP contribution < -0.4 is 10.6 Å². The summed E-state index contributed by atoms with van der Waals surface area (Å²) in [5, 5.41) is 6.73. The van der Waals surface area contributed by atoms with Gasteiger partial charge >= 0.3 is 0 Å². The lowest BCUT2D eigenvalue weighted by atomic mass is 10.0. The molecule has 1 aromatic heterocycles. The smallest absolute Gasteiger partial charge is 0.127 e. The Morgan fingerprint density at radius 3 is 3.05 bits per heavy atom.